The summed E-state index contributed by atoms with van der Waals surface area (Å²) in [6.07, 6.45) is 0.628. The Morgan fingerprint density at radius 2 is 1.64 bits per heavy atom. The Hall–Kier alpha value is -4.00. The van der Waals surface area contributed by atoms with Crippen LogP contribution < -0.4 is 19.5 Å². The lowest BCUT2D eigenvalue weighted by atomic mass is 10.0. The average Bonchev–Trinajstić information content (AvgIpc) is 2.99. The first kappa shape index (κ1) is 20.9. The van der Waals surface area contributed by atoms with Crippen LogP contribution in [-0.4, -0.2) is 43.1 Å². The number of rotatable bonds is 5. The number of hydrogen-bond acceptors (Lipinski definition) is 5. The quantitative estimate of drug-likeness (QED) is 0.651. The minimum Gasteiger partial charge on any atom is -0.486 e. The van der Waals surface area contributed by atoms with Gasteiger partial charge in [-0.25, -0.2) is 0 Å². The summed E-state index contributed by atoms with van der Waals surface area (Å²) in [5.74, 6) is 1.22. The molecular formula is C26H24N2O5. The summed E-state index contributed by atoms with van der Waals surface area (Å²) in [6.45, 7) is 1.23. The number of nitrogens with zero attached hydrogens (tertiary/aromatic N) is 1. The van der Waals surface area contributed by atoms with Gasteiger partial charge in [0.1, 0.15) is 25.0 Å². The first-order chi connectivity index (χ1) is 16.2. The van der Waals surface area contributed by atoms with E-state index in [2.05, 4.69) is 5.32 Å². The van der Waals surface area contributed by atoms with Gasteiger partial charge in [0.15, 0.2) is 18.1 Å². The highest BCUT2D eigenvalue weighted by Gasteiger charge is 2.36. The van der Waals surface area contributed by atoms with E-state index >= 15 is 0 Å². The molecule has 0 spiro atoms. The molecule has 7 heteroatoms. The summed E-state index contributed by atoms with van der Waals surface area (Å²) in [7, 11) is 0. The molecule has 5 rings (SSSR count). The van der Waals surface area contributed by atoms with E-state index in [9.17, 15) is 9.59 Å². The molecule has 3 aromatic rings. The van der Waals surface area contributed by atoms with E-state index in [4.69, 9.17) is 14.2 Å². The Morgan fingerprint density at radius 3 is 2.48 bits per heavy atom. The normalized spacial score (nSPS) is 16.9. The summed E-state index contributed by atoms with van der Waals surface area (Å²) >= 11 is 0. The fraction of sp³-hybridized carbons (Fsp3) is 0.231. The maximum Gasteiger partial charge on any atom is 0.261 e. The lowest BCUT2D eigenvalue weighted by Crippen LogP contribution is -2.42. The number of benzene rings is 3. The van der Waals surface area contributed by atoms with Crippen LogP contribution in [0.3, 0.4) is 0 Å². The van der Waals surface area contributed by atoms with Crippen molar-refractivity contribution >= 4 is 17.5 Å². The number of nitrogens with one attached hydrogen (secondary N) is 1. The number of anilines is 1. The molecule has 0 aromatic heterocycles. The fourth-order valence-electron chi connectivity index (χ4n) is 4.13. The second kappa shape index (κ2) is 9.24. The van der Waals surface area contributed by atoms with Crippen molar-refractivity contribution in [2.24, 2.45) is 0 Å². The van der Waals surface area contributed by atoms with Crippen LogP contribution in [-0.2, 0) is 16.0 Å². The van der Waals surface area contributed by atoms with Crippen LogP contribution in [0.2, 0.25) is 0 Å². The van der Waals surface area contributed by atoms with Crippen molar-refractivity contribution in [3.8, 4) is 17.2 Å². The van der Waals surface area contributed by atoms with Crippen LogP contribution in [0, 0.1) is 0 Å². The predicted octanol–water partition coefficient (Wildman–Crippen LogP) is 3.60. The molecule has 2 aliphatic rings. The van der Waals surface area contributed by atoms with E-state index in [0.29, 0.717) is 54.7 Å². The number of carbonyl (C=O) groups excluding carboxylic acids is 2. The van der Waals surface area contributed by atoms with Gasteiger partial charge < -0.3 is 24.4 Å². The van der Waals surface area contributed by atoms with Gasteiger partial charge in [0.2, 0.25) is 0 Å². The van der Waals surface area contributed by atoms with Gasteiger partial charge in [-0.3, -0.25) is 9.59 Å². The van der Waals surface area contributed by atoms with Crippen molar-refractivity contribution < 1.29 is 23.8 Å². The zero-order valence-corrected chi connectivity index (χ0v) is 18.0. The highest BCUT2D eigenvalue weighted by atomic mass is 16.6. The summed E-state index contributed by atoms with van der Waals surface area (Å²) in [5, 5.41) is 2.96. The van der Waals surface area contributed by atoms with Crippen LogP contribution in [0.25, 0.3) is 0 Å². The zero-order chi connectivity index (χ0) is 22.6. The number of fused-ring (bicyclic) bond motifs is 2. The third kappa shape index (κ3) is 4.48. The standard InChI is InChI=1S/C26H24N2O5/c29-24-17-33-21-9-5-4-8-20(21)25(28(24)13-12-18-6-2-1-3-7-18)26(30)27-19-10-11-22-23(16-19)32-15-14-31-22/h1-11,16,25H,12-15,17H2,(H,27,30). The maximum atomic E-state index is 13.6. The van der Waals surface area contributed by atoms with Crippen molar-refractivity contribution in [2.45, 2.75) is 12.5 Å². The molecule has 0 bridgehead atoms. The monoisotopic (exact) mass is 444 g/mol. The van der Waals surface area contributed by atoms with Crippen molar-refractivity contribution in [2.75, 3.05) is 31.7 Å². The van der Waals surface area contributed by atoms with Gasteiger partial charge in [-0.2, -0.15) is 0 Å². The Kier molecular flexibility index (Phi) is 5.85. The highest BCUT2D eigenvalue weighted by Crippen LogP contribution is 2.36. The molecule has 168 valence electrons. The molecule has 2 heterocycles. The van der Waals surface area contributed by atoms with Crippen molar-refractivity contribution in [1.29, 1.82) is 0 Å². The van der Waals surface area contributed by atoms with Gasteiger partial charge >= 0.3 is 0 Å². The fourth-order valence-corrected chi connectivity index (χ4v) is 4.13. The van der Waals surface area contributed by atoms with E-state index in [0.717, 1.165) is 5.56 Å². The lowest BCUT2D eigenvalue weighted by molar-refractivity contribution is -0.139. The van der Waals surface area contributed by atoms with Gasteiger partial charge in [0.05, 0.1) is 0 Å². The van der Waals surface area contributed by atoms with Gasteiger partial charge in [0, 0.05) is 23.9 Å². The van der Waals surface area contributed by atoms with E-state index in [1.807, 2.05) is 48.5 Å². The molecule has 2 aliphatic heterocycles. The minimum atomic E-state index is -0.826. The number of carbonyl (C=O) groups is 2. The Balaban J connectivity index is 1.44. The van der Waals surface area contributed by atoms with Crippen LogP contribution >= 0.6 is 0 Å². The molecule has 0 saturated heterocycles. The van der Waals surface area contributed by atoms with E-state index in [1.54, 1.807) is 29.2 Å². The van der Waals surface area contributed by atoms with Gasteiger partial charge in [-0.15, -0.1) is 0 Å². The number of para-hydroxylation sites is 1. The minimum absolute atomic E-state index is 0.112. The van der Waals surface area contributed by atoms with Gasteiger partial charge in [-0.05, 0) is 30.2 Å². The summed E-state index contributed by atoms with van der Waals surface area (Å²) in [4.78, 5) is 28.2. The van der Waals surface area contributed by atoms with Crippen molar-refractivity contribution in [1.82, 2.24) is 4.90 Å². The first-order valence-corrected chi connectivity index (χ1v) is 10.9. The van der Waals surface area contributed by atoms with Crippen LogP contribution in [0.1, 0.15) is 17.2 Å². The molecule has 2 amide bonds. The van der Waals surface area contributed by atoms with Crippen LogP contribution in [0.5, 0.6) is 17.2 Å². The number of amides is 2. The van der Waals surface area contributed by atoms with Gasteiger partial charge in [-0.1, -0.05) is 48.5 Å². The molecule has 33 heavy (non-hydrogen) atoms. The zero-order valence-electron chi connectivity index (χ0n) is 18.0. The topological polar surface area (TPSA) is 77.1 Å². The molecule has 3 aromatic carbocycles. The third-order valence-electron chi connectivity index (χ3n) is 5.74. The molecule has 0 radical (unpaired) electrons. The molecule has 1 unspecified atom stereocenters. The largest absolute Gasteiger partial charge is 0.486 e. The lowest BCUT2D eigenvalue weighted by Gasteiger charge is -2.29. The highest BCUT2D eigenvalue weighted by molar-refractivity contribution is 5.99. The van der Waals surface area contributed by atoms with Crippen LogP contribution in [0.4, 0.5) is 5.69 Å². The molecule has 7 nitrogen and oxygen atoms in total. The molecule has 0 fully saturated rings. The molecular weight excluding hydrogens is 420 g/mol. The second-order valence-corrected chi connectivity index (χ2v) is 7.90. The predicted molar refractivity (Wildman–Crippen MR) is 123 cm³/mol. The Morgan fingerprint density at radius 1 is 0.879 bits per heavy atom. The SMILES string of the molecule is O=C(Nc1ccc2c(c1)OCCO2)C1c2ccccc2OCC(=O)N1CCc1ccccc1. The van der Waals surface area contributed by atoms with E-state index < -0.39 is 6.04 Å². The molecule has 1 atom stereocenters. The summed E-state index contributed by atoms with van der Waals surface area (Å²) in [5.41, 5.74) is 2.32. The molecule has 1 N–H and O–H groups in total. The second-order valence-electron chi connectivity index (χ2n) is 7.90. The summed E-state index contributed by atoms with van der Waals surface area (Å²) in [6, 6.07) is 21.6. The number of ether oxygens (including phenoxy) is 3. The van der Waals surface area contributed by atoms with Gasteiger partial charge in [0.25, 0.3) is 11.8 Å². The van der Waals surface area contributed by atoms with Crippen molar-refractivity contribution in [3.63, 3.8) is 0 Å². The average molecular weight is 444 g/mol. The molecule has 0 saturated carbocycles. The van der Waals surface area contributed by atoms with E-state index in [1.165, 1.54) is 0 Å². The van der Waals surface area contributed by atoms with E-state index in [-0.39, 0.29) is 18.4 Å². The summed E-state index contributed by atoms with van der Waals surface area (Å²) < 4.78 is 16.9. The first-order valence-electron chi connectivity index (χ1n) is 10.9. The van der Waals surface area contributed by atoms with Crippen LogP contribution in [0.15, 0.2) is 72.8 Å². The Bertz CT molecular complexity index is 1160. The maximum absolute atomic E-state index is 13.6. The third-order valence-corrected chi connectivity index (χ3v) is 5.74. The molecule has 0 aliphatic carbocycles. The Labute approximate surface area is 191 Å². The number of hydrogen-bond donors (Lipinski definition) is 1. The van der Waals surface area contributed by atoms with Crippen molar-refractivity contribution in [3.05, 3.63) is 83.9 Å². The smallest absolute Gasteiger partial charge is 0.261 e.